The number of piperazine rings is 1. The Morgan fingerprint density at radius 3 is 2.71 bits per heavy atom. The average molecular weight is 332 g/mol. The van der Waals surface area contributed by atoms with Gasteiger partial charge in [0.15, 0.2) is 6.29 Å². The van der Waals surface area contributed by atoms with Crippen LogP contribution in [0.1, 0.15) is 29.6 Å². The summed E-state index contributed by atoms with van der Waals surface area (Å²) >= 11 is 0. The Labute approximate surface area is 142 Å². The summed E-state index contributed by atoms with van der Waals surface area (Å²) in [5.74, 6) is 0.163. The summed E-state index contributed by atoms with van der Waals surface area (Å²) in [5, 5.41) is 0. The molecule has 3 fully saturated rings. The quantitative estimate of drug-likeness (QED) is 0.787. The molecule has 1 aromatic rings. The molecular weight excluding hydrogens is 307 g/mol. The van der Waals surface area contributed by atoms with E-state index >= 15 is 0 Å². The maximum absolute atomic E-state index is 13.3. The lowest BCUT2D eigenvalue weighted by Gasteiger charge is -2.47. The molecule has 1 atom stereocenters. The van der Waals surface area contributed by atoms with E-state index in [1.807, 2.05) is 0 Å². The Bertz CT molecular complexity index is 623. The topological polar surface area (TPSA) is 39.7 Å². The van der Waals surface area contributed by atoms with Gasteiger partial charge in [-0.2, -0.15) is 0 Å². The van der Waals surface area contributed by atoms with E-state index < -0.39 is 5.82 Å². The van der Waals surface area contributed by atoms with Crippen LogP contribution < -0.4 is 4.90 Å². The highest BCUT2D eigenvalue weighted by Gasteiger charge is 2.48. The number of carbonyl (C=O) groups is 1. The zero-order chi connectivity index (χ0) is 16.7. The molecule has 1 saturated carbocycles. The number of hydrogen-bond acceptors (Lipinski definition) is 5. The van der Waals surface area contributed by atoms with Gasteiger partial charge in [0.2, 0.25) is 0 Å². The molecule has 6 heteroatoms. The summed E-state index contributed by atoms with van der Waals surface area (Å²) in [6.07, 6.45) is 5.89. The fourth-order valence-electron chi connectivity index (χ4n) is 4.97. The van der Waals surface area contributed by atoms with Crippen LogP contribution in [0.4, 0.5) is 10.2 Å². The van der Waals surface area contributed by atoms with E-state index in [2.05, 4.69) is 26.7 Å². The van der Waals surface area contributed by atoms with Crippen molar-refractivity contribution in [3.05, 3.63) is 23.6 Å². The van der Waals surface area contributed by atoms with Crippen molar-refractivity contribution in [2.45, 2.75) is 25.3 Å². The van der Waals surface area contributed by atoms with Crippen molar-refractivity contribution in [3.8, 4) is 0 Å². The normalized spacial score (nSPS) is 27.4. The van der Waals surface area contributed by atoms with Crippen LogP contribution in [0, 0.1) is 11.2 Å². The highest BCUT2D eigenvalue weighted by molar-refractivity contribution is 5.82. The number of anilines is 1. The largest absolute Gasteiger partial charge is 0.353 e. The van der Waals surface area contributed by atoms with Crippen molar-refractivity contribution >= 4 is 12.1 Å². The van der Waals surface area contributed by atoms with Gasteiger partial charge in [0.25, 0.3) is 0 Å². The maximum atomic E-state index is 13.3. The van der Waals surface area contributed by atoms with Crippen molar-refractivity contribution in [1.82, 2.24) is 14.8 Å². The Balaban J connectivity index is 1.37. The molecule has 4 rings (SSSR count). The minimum atomic E-state index is -0.457. The van der Waals surface area contributed by atoms with Gasteiger partial charge < -0.3 is 9.80 Å². The Morgan fingerprint density at radius 1 is 1.29 bits per heavy atom. The second-order valence-electron chi connectivity index (χ2n) is 7.78. The van der Waals surface area contributed by atoms with Gasteiger partial charge in [-0.15, -0.1) is 0 Å². The standard InChI is InChI=1S/C18H25FN4O/c1-21-12-18(13-21)3-2-16(9-18)22-4-6-23(7-5-22)17-14(11-24)8-15(19)10-20-17/h8,10-11,16H,2-7,9,12-13H2,1H3. The first-order valence-corrected chi connectivity index (χ1v) is 8.87. The minimum absolute atomic E-state index is 0.348. The highest BCUT2D eigenvalue weighted by Crippen LogP contribution is 2.46. The van der Waals surface area contributed by atoms with Gasteiger partial charge in [0.05, 0.1) is 11.8 Å². The van der Waals surface area contributed by atoms with E-state index in [-0.39, 0.29) is 0 Å². The third-order valence-electron chi connectivity index (χ3n) is 6.01. The van der Waals surface area contributed by atoms with Gasteiger partial charge >= 0.3 is 0 Å². The molecule has 24 heavy (non-hydrogen) atoms. The number of pyridine rings is 1. The summed E-state index contributed by atoms with van der Waals surface area (Å²) in [5.41, 5.74) is 0.931. The molecule has 3 aliphatic rings. The number of rotatable bonds is 3. The first-order chi connectivity index (χ1) is 11.6. The van der Waals surface area contributed by atoms with Gasteiger partial charge in [-0.3, -0.25) is 9.69 Å². The molecule has 2 saturated heterocycles. The number of nitrogens with zero attached hydrogens (tertiary/aromatic N) is 4. The average Bonchev–Trinajstić information content (AvgIpc) is 3.00. The van der Waals surface area contributed by atoms with Crippen molar-refractivity contribution < 1.29 is 9.18 Å². The van der Waals surface area contributed by atoms with E-state index in [0.717, 1.165) is 26.2 Å². The Hall–Kier alpha value is -1.53. The predicted molar refractivity (Wildman–Crippen MR) is 90.9 cm³/mol. The summed E-state index contributed by atoms with van der Waals surface area (Å²) in [4.78, 5) is 22.5. The lowest BCUT2D eigenvalue weighted by Crippen LogP contribution is -2.54. The molecule has 1 aromatic heterocycles. The maximum Gasteiger partial charge on any atom is 0.153 e. The Morgan fingerprint density at radius 2 is 2.04 bits per heavy atom. The van der Waals surface area contributed by atoms with Gasteiger partial charge in [-0.05, 0) is 37.8 Å². The van der Waals surface area contributed by atoms with Gasteiger partial charge in [0.1, 0.15) is 11.6 Å². The second kappa shape index (κ2) is 6.08. The van der Waals surface area contributed by atoms with Crippen LogP contribution in [-0.4, -0.2) is 73.4 Å². The zero-order valence-electron chi connectivity index (χ0n) is 14.2. The number of aromatic nitrogens is 1. The lowest BCUT2D eigenvalue weighted by molar-refractivity contribution is 0.0204. The Kier molecular flexibility index (Phi) is 4.04. The van der Waals surface area contributed by atoms with Crippen LogP contribution in [0.25, 0.3) is 0 Å². The van der Waals surface area contributed by atoms with E-state index in [4.69, 9.17) is 0 Å². The molecule has 1 unspecified atom stereocenters. The molecule has 0 N–H and O–H groups in total. The summed E-state index contributed by atoms with van der Waals surface area (Å²) in [7, 11) is 2.21. The first kappa shape index (κ1) is 16.0. The first-order valence-electron chi connectivity index (χ1n) is 8.87. The molecule has 1 aliphatic carbocycles. The van der Waals surface area contributed by atoms with Crippen LogP contribution in [-0.2, 0) is 0 Å². The van der Waals surface area contributed by atoms with Crippen LogP contribution in [0.2, 0.25) is 0 Å². The molecule has 2 aliphatic heterocycles. The number of hydrogen-bond donors (Lipinski definition) is 0. The molecule has 0 bridgehead atoms. The van der Waals surface area contributed by atoms with Gasteiger partial charge in [0, 0.05) is 45.3 Å². The van der Waals surface area contributed by atoms with Crippen LogP contribution in [0.15, 0.2) is 12.3 Å². The lowest BCUT2D eigenvalue weighted by atomic mass is 9.78. The van der Waals surface area contributed by atoms with Crippen LogP contribution >= 0.6 is 0 Å². The molecule has 1 spiro atoms. The molecular formula is C18H25FN4O. The third-order valence-corrected chi connectivity index (χ3v) is 6.01. The number of likely N-dealkylation sites (tertiary alicyclic amines) is 1. The molecule has 0 amide bonds. The summed E-state index contributed by atoms with van der Waals surface area (Å²) in [6.45, 7) is 6.20. The number of carbonyl (C=O) groups excluding carboxylic acids is 1. The highest BCUT2D eigenvalue weighted by atomic mass is 19.1. The predicted octanol–water partition coefficient (Wildman–Crippen LogP) is 1.64. The van der Waals surface area contributed by atoms with Crippen molar-refractivity contribution in [2.24, 2.45) is 5.41 Å². The smallest absolute Gasteiger partial charge is 0.153 e. The fraction of sp³-hybridized carbons (Fsp3) is 0.667. The van der Waals surface area contributed by atoms with Crippen LogP contribution in [0.3, 0.4) is 0 Å². The number of aldehydes is 1. The molecule has 130 valence electrons. The second-order valence-corrected chi connectivity index (χ2v) is 7.78. The van der Waals surface area contributed by atoms with E-state index in [9.17, 15) is 9.18 Å². The van der Waals surface area contributed by atoms with Gasteiger partial charge in [-0.25, -0.2) is 9.37 Å². The molecule has 3 heterocycles. The molecule has 0 radical (unpaired) electrons. The SMILES string of the molecule is CN1CC2(CCC(N3CCN(c4ncc(F)cc4C=O)CC3)C2)C1. The molecule has 5 nitrogen and oxygen atoms in total. The minimum Gasteiger partial charge on any atom is -0.353 e. The number of halogens is 1. The monoisotopic (exact) mass is 332 g/mol. The third kappa shape index (κ3) is 2.82. The zero-order valence-corrected chi connectivity index (χ0v) is 14.2. The fourth-order valence-corrected chi connectivity index (χ4v) is 4.97. The van der Waals surface area contributed by atoms with Gasteiger partial charge in [-0.1, -0.05) is 0 Å². The summed E-state index contributed by atoms with van der Waals surface area (Å²) < 4.78 is 13.3. The van der Waals surface area contributed by atoms with E-state index in [1.165, 1.54) is 44.6 Å². The van der Waals surface area contributed by atoms with Crippen molar-refractivity contribution in [1.29, 1.82) is 0 Å². The summed E-state index contributed by atoms with van der Waals surface area (Å²) in [6, 6.07) is 1.97. The van der Waals surface area contributed by atoms with E-state index in [1.54, 1.807) is 0 Å². The van der Waals surface area contributed by atoms with Crippen molar-refractivity contribution in [3.63, 3.8) is 0 Å². The van der Waals surface area contributed by atoms with Crippen molar-refractivity contribution in [2.75, 3.05) is 51.2 Å². The van der Waals surface area contributed by atoms with E-state index in [0.29, 0.717) is 29.1 Å². The molecule has 0 aromatic carbocycles. The van der Waals surface area contributed by atoms with Crippen LogP contribution in [0.5, 0.6) is 0 Å².